The molecule has 9 heavy (non-hydrogen) atoms. The van der Waals surface area contributed by atoms with E-state index in [0.29, 0.717) is 0 Å². The number of hydrogen-bond acceptors (Lipinski definition) is 2. The van der Waals surface area contributed by atoms with Gasteiger partial charge in [-0.3, -0.25) is 0 Å². The maximum atomic E-state index is 10.8. The average Bonchev–Trinajstić information content (AvgIpc) is 1.65. The summed E-state index contributed by atoms with van der Waals surface area (Å²) in [5.74, 6) is -3.30. The fraction of sp³-hybridized carbons (Fsp3) is 0. The zero-order chi connectivity index (χ0) is 5.86. The molecular formula is C3H4FNaO4. The van der Waals surface area contributed by atoms with Crippen molar-refractivity contribution in [2.75, 3.05) is 0 Å². The second-order valence-electron chi connectivity index (χ2n) is 0.779. The molecular weight excluding hydrogens is 142 g/mol. The molecule has 0 saturated heterocycles. The van der Waals surface area contributed by atoms with Crippen LogP contribution in [0.5, 0.6) is 0 Å². The number of carboxylic acids is 1. The van der Waals surface area contributed by atoms with E-state index in [1.54, 1.807) is 0 Å². The van der Waals surface area contributed by atoms with E-state index in [1.165, 1.54) is 0 Å². The predicted octanol–water partition coefficient (Wildman–Crippen LogP) is -4.58. The van der Waals surface area contributed by atoms with Gasteiger partial charge in [0.2, 0.25) is 0 Å². The standard InChI is InChI=1S/C3H3FO3.Na.H2O/c4-1-2(5)3(6)7;;/h1,5H,(H,6,7);;1H2/q;+1;/p-1. The van der Waals surface area contributed by atoms with Crippen molar-refractivity contribution in [3.8, 4) is 0 Å². The summed E-state index contributed by atoms with van der Waals surface area (Å²) in [4.78, 5) is 9.31. The van der Waals surface area contributed by atoms with Crippen LogP contribution in [0.25, 0.3) is 0 Å². The van der Waals surface area contributed by atoms with Gasteiger partial charge < -0.3 is 15.7 Å². The normalized spacial score (nSPS) is 8.78. The number of rotatable bonds is 1. The van der Waals surface area contributed by atoms with Crippen molar-refractivity contribution in [1.29, 1.82) is 0 Å². The molecule has 0 amide bonds. The van der Waals surface area contributed by atoms with Gasteiger partial charge in [0.1, 0.15) is 0 Å². The van der Waals surface area contributed by atoms with E-state index >= 15 is 0 Å². The van der Waals surface area contributed by atoms with E-state index in [-0.39, 0.29) is 35.0 Å². The van der Waals surface area contributed by atoms with Gasteiger partial charge in [-0.15, -0.1) is 0 Å². The fourth-order valence-electron chi connectivity index (χ4n) is 0.0467. The van der Waals surface area contributed by atoms with Crippen LogP contribution in [0.3, 0.4) is 0 Å². The number of halogens is 1. The van der Waals surface area contributed by atoms with Crippen LogP contribution in [0.4, 0.5) is 4.39 Å². The van der Waals surface area contributed by atoms with Crippen molar-refractivity contribution in [3.63, 3.8) is 0 Å². The quantitative estimate of drug-likeness (QED) is 0.229. The Morgan fingerprint density at radius 2 is 2.00 bits per heavy atom. The van der Waals surface area contributed by atoms with Crippen molar-refractivity contribution in [1.82, 2.24) is 0 Å². The molecule has 0 aromatic carbocycles. The van der Waals surface area contributed by atoms with Crippen LogP contribution < -0.4 is 34.7 Å². The molecule has 0 aliphatic rings. The molecule has 0 fully saturated rings. The van der Waals surface area contributed by atoms with E-state index in [9.17, 15) is 14.3 Å². The van der Waals surface area contributed by atoms with Crippen LogP contribution in [-0.2, 0) is 4.79 Å². The second-order valence-corrected chi connectivity index (χ2v) is 0.779. The Bertz CT molecular complexity index is 112. The third-order valence-corrected chi connectivity index (χ3v) is 0.310. The zero-order valence-electron chi connectivity index (χ0n) is 4.72. The van der Waals surface area contributed by atoms with Gasteiger partial charge in [-0.05, 0) is 0 Å². The first-order valence-corrected chi connectivity index (χ1v) is 1.39. The molecule has 3 N–H and O–H groups in total. The molecule has 0 spiro atoms. The van der Waals surface area contributed by atoms with Gasteiger partial charge in [-0.25, -0.2) is 9.18 Å². The number of hydrogen-bond donors (Lipinski definition) is 1. The maximum absolute atomic E-state index is 10.8. The Morgan fingerprint density at radius 3 is 2.00 bits per heavy atom. The van der Waals surface area contributed by atoms with Crippen molar-refractivity contribution >= 4 is 5.97 Å². The molecule has 0 aromatic heterocycles. The first-order chi connectivity index (χ1) is 3.18. The van der Waals surface area contributed by atoms with Crippen molar-refractivity contribution in [2.24, 2.45) is 0 Å². The van der Waals surface area contributed by atoms with E-state index in [4.69, 9.17) is 5.11 Å². The molecule has 0 atom stereocenters. The van der Waals surface area contributed by atoms with Crippen molar-refractivity contribution in [3.05, 3.63) is 12.1 Å². The summed E-state index contributed by atoms with van der Waals surface area (Å²) in [6.45, 7) is 0. The molecule has 0 heterocycles. The minimum Gasteiger partial charge on any atom is -0.866 e. The zero-order valence-corrected chi connectivity index (χ0v) is 6.72. The van der Waals surface area contributed by atoms with Crippen LogP contribution >= 0.6 is 0 Å². The van der Waals surface area contributed by atoms with Crippen molar-refractivity contribution in [2.45, 2.75) is 0 Å². The Morgan fingerprint density at radius 1 is 1.67 bits per heavy atom. The molecule has 6 heteroatoms. The minimum atomic E-state index is -1.78. The SMILES string of the molecule is O.O=C(O)C([O-])=CF.[Na+]. The first-order valence-electron chi connectivity index (χ1n) is 1.39. The van der Waals surface area contributed by atoms with E-state index in [1.807, 2.05) is 0 Å². The van der Waals surface area contributed by atoms with Gasteiger partial charge in [-0.2, -0.15) is 0 Å². The average molecular weight is 146 g/mol. The largest absolute Gasteiger partial charge is 1.00 e. The summed E-state index contributed by atoms with van der Waals surface area (Å²) >= 11 is 0. The predicted molar refractivity (Wildman–Crippen MR) is 20.4 cm³/mol. The van der Waals surface area contributed by atoms with Crippen LogP contribution in [0.15, 0.2) is 12.1 Å². The number of aliphatic carboxylic acids is 1. The maximum Gasteiger partial charge on any atom is 1.00 e. The third kappa shape index (κ3) is 7.90. The molecule has 0 aliphatic heterocycles. The number of carboxylic acid groups (broad SMARTS) is 1. The Labute approximate surface area is 72.6 Å². The van der Waals surface area contributed by atoms with E-state index in [2.05, 4.69) is 0 Å². The van der Waals surface area contributed by atoms with Gasteiger partial charge >= 0.3 is 35.5 Å². The molecule has 0 unspecified atom stereocenters. The molecule has 0 bridgehead atoms. The van der Waals surface area contributed by atoms with Gasteiger partial charge in [0.15, 0.2) is 0 Å². The number of carbonyl (C=O) groups is 1. The van der Waals surface area contributed by atoms with Crippen molar-refractivity contribution < 1.29 is 54.4 Å². The monoisotopic (exact) mass is 146 g/mol. The fourth-order valence-corrected chi connectivity index (χ4v) is 0.0467. The summed E-state index contributed by atoms with van der Waals surface area (Å²) < 4.78 is 10.8. The van der Waals surface area contributed by atoms with Gasteiger partial charge in [0.05, 0.1) is 6.33 Å². The molecule has 4 nitrogen and oxygen atoms in total. The Balaban J connectivity index is -0.000000180. The second kappa shape index (κ2) is 7.90. The Hall–Kier alpha value is -0.100. The summed E-state index contributed by atoms with van der Waals surface area (Å²) in [6.07, 6.45) is -0.498. The van der Waals surface area contributed by atoms with Gasteiger partial charge in [0.25, 0.3) is 0 Å². The van der Waals surface area contributed by atoms with E-state index in [0.717, 1.165) is 0 Å². The van der Waals surface area contributed by atoms with Crippen LogP contribution in [0, 0.1) is 0 Å². The summed E-state index contributed by atoms with van der Waals surface area (Å²) in [7, 11) is 0. The topological polar surface area (TPSA) is 91.9 Å². The summed E-state index contributed by atoms with van der Waals surface area (Å²) in [5, 5.41) is 17.0. The minimum absolute atomic E-state index is 0. The molecule has 0 aromatic rings. The van der Waals surface area contributed by atoms with Crippen LogP contribution in [-0.4, -0.2) is 16.6 Å². The summed E-state index contributed by atoms with van der Waals surface area (Å²) in [5.41, 5.74) is 0. The molecule has 0 aliphatic carbocycles. The first kappa shape index (κ1) is 16.0. The molecule has 0 radical (unpaired) electrons. The molecule has 0 saturated carbocycles. The third-order valence-electron chi connectivity index (χ3n) is 0.310. The van der Waals surface area contributed by atoms with Gasteiger partial charge in [0, 0.05) is 5.76 Å². The van der Waals surface area contributed by atoms with Crippen LogP contribution in [0.2, 0.25) is 0 Å². The van der Waals surface area contributed by atoms with Crippen LogP contribution in [0.1, 0.15) is 0 Å². The Kier molecular flexibility index (Phi) is 14.0. The smallest absolute Gasteiger partial charge is 0.866 e. The van der Waals surface area contributed by atoms with Gasteiger partial charge in [-0.1, -0.05) is 0 Å². The summed E-state index contributed by atoms with van der Waals surface area (Å²) in [6, 6.07) is 0. The van der Waals surface area contributed by atoms with E-state index < -0.39 is 18.1 Å². The molecule has 48 valence electrons. The molecule has 0 rings (SSSR count).